The van der Waals surface area contributed by atoms with Crippen LogP contribution >= 0.6 is 11.6 Å². The molecule has 0 aliphatic carbocycles. The second-order valence-corrected chi connectivity index (χ2v) is 6.33. The van der Waals surface area contributed by atoms with E-state index < -0.39 is 0 Å². The van der Waals surface area contributed by atoms with Crippen molar-refractivity contribution in [1.29, 1.82) is 0 Å². The van der Waals surface area contributed by atoms with Crippen molar-refractivity contribution in [1.82, 2.24) is 0 Å². The average Bonchev–Trinajstić information content (AvgIpc) is 2.57. The maximum atomic E-state index is 12.0. The van der Waals surface area contributed by atoms with E-state index in [2.05, 4.69) is 19.1 Å². The van der Waals surface area contributed by atoms with E-state index in [1.807, 2.05) is 42.5 Å². The first kappa shape index (κ1) is 15.6. The predicted octanol–water partition coefficient (Wildman–Crippen LogP) is 4.94. The fourth-order valence-electron chi connectivity index (χ4n) is 3.01. The van der Waals surface area contributed by atoms with Crippen molar-refractivity contribution in [2.75, 3.05) is 12.0 Å². The predicted molar refractivity (Wildman–Crippen MR) is 93.0 cm³/mol. The summed E-state index contributed by atoms with van der Waals surface area (Å²) in [5, 5.41) is 0.732. The summed E-state index contributed by atoms with van der Waals surface area (Å²) >= 11 is 5.97. The zero-order valence-electron chi connectivity index (χ0n) is 13.1. The maximum absolute atomic E-state index is 12.0. The maximum Gasteiger partial charge on any atom is 0.418 e. The summed E-state index contributed by atoms with van der Waals surface area (Å²) in [5.41, 5.74) is 2.96. The molecule has 0 N–H and O–H groups in total. The van der Waals surface area contributed by atoms with Crippen LogP contribution in [0.1, 0.15) is 18.1 Å². The number of benzene rings is 2. The Labute approximate surface area is 141 Å². The summed E-state index contributed by atoms with van der Waals surface area (Å²) < 4.78 is 4.87. The van der Waals surface area contributed by atoms with Crippen LogP contribution < -0.4 is 4.90 Å². The van der Waals surface area contributed by atoms with Gasteiger partial charge in [0.15, 0.2) is 0 Å². The summed E-state index contributed by atoms with van der Waals surface area (Å²) in [6.45, 7) is 2.17. The highest BCUT2D eigenvalue weighted by Crippen LogP contribution is 2.40. The van der Waals surface area contributed by atoms with Gasteiger partial charge in [-0.25, -0.2) is 4.79 Å². The molecule has 4 heteroatoms. The lowest BCUT2D eigenvalue weighted by Crippen LogP contribution is -2.35. The van der Waals surface area contributed by atoms with E-state index in [1.54, 1.807) is 11.1 Å². The van der Waals surface area contributed by atoms with Crippen LogP contribution in [0, 0.1) is 0 Å². The molecule has 3 nitrogen and oxygen atoms in total. The number of carbonyl (C=O) groups excluding carboxylic acids is 1. The Kier molecular flexibility index (Phi) is 4.14. The van der Waals surface area contributed by atoms with E-state index in [0.717, 1.165) is 22.7 Å². The molecule has 1 aliphatic heterocycles. The van der Waals surface area contributed by atoms with Gasteiger partial charge < -0.3 is 4.74 Å². The molecule has 2 aromatic rings. The Bertz CT molecular complexity index is 754. The van der Waals surface area contributed by atoms with Crippen molar-refractivity contribution >= 4 is 23.4 Å². The molecule has 0 fully saturated rings. The topological polar surface area (TPSA) is 29.5 Å². The van der Waals surface area contributed by atoms with Gasteiger partial charge in [0.1, 0.15) is 0 Å². The minimum atomic E-state index is -0.387. The molecule has 1 aliphatic rings. The third kappa shape index (κ3) is 2.97. The molecule has 2 aromatic carbocycles. The lowest BCUT2D eigenvalue weighted by Gasteiger charge is -2.36. The number of hydrogen-bond acceptors (Lipinski definition) is 2. The van der Waals surface area contributed by atoms with Crippen molar-refractivity contribution in [2.24, 2.45) is 0 Å². The second-order valence-electron chi connectivity index (χ2n) is 5.89. The lowest BCUT2D eigenvalue weighted by atomic mass is 9.75. The number of hydrogen-bond donors (Lipinski definition) is 0. The summed E-state index contributed by atoms with van der Waals surface area (Å²) in [6, 6.07) is 15.8. The third-order valence-corrected chi connectivity index (χ3v) is 4.48. The summed E-state index contributed by atoms with van der Waals surface area (Å²) in [6.07, 6.45) is 4.29. The number of halogens is 1. The normalized spacial score (nSPS) is 19.3. The van der Waals surface area contributed by atoms with E-state index in [9.17, 15) is 4.79 Å². The summed E-state index contributed by atoms with van der Waals surface area (Å²) in [5.74, 6) is 0. The van der Waals surface area contributed by atoms with Crippen LogP contribution in [-0.4, -0.2) is 13.2 Å². The number of allylic oxidation sites excluding steroid dienone is 1. The van der Waals surface area contributed by atoms with Gasteiger partial charge in [0.05, 0.1) is 12.8 Å². The Morgan fingerprint density at radius 3 is 2.57 bits per heavy atom. The first-order valence-electron chi connectivity index (χ1n) is 7.44. The average molecular weight is 328 g/mol. The number of para-hydroxylation sites is 1. The van der Waals surface area contributed by atoms with Gasteiger partial charge >= 0.3 is 6.09 Å². The standard InChI is InChI=1S/C19H18ClNO2/c1-19(13-14-7-9-15(20)10-8-14)11-12-21(18(22)23-2)17-6-4-3-5-16(17)19/h3-12H,13H2,1-2H3. The van der Waals surface area contributed by atoms with Gasteiger partial charge in [-0.15, -0.1) is 0 Å². The highest BCUT2D eigenvalue weighted by Gasteiger charge is 2.33. The van der Waals surface area contributed by atoms with Gasteiger partial charge in [-0.1, -0.05) is 54.9 Å². The lowest BCUT2D eigenvalue weighted by molar-refractivity contribution is 0.181. The number of fused-ring (bicyclic) bond motifs is 1. The summed E-state index contributed by atoms with van der Waals surface area (Å²) in [4.78, 5) is 13.5. The Hall–Kier alpha value is -2.26. The van der Waals surface area contributed by atoms with Gasteiger partial charge in [-0.3, -0.25) is 4.90 Å². The van der Waals surface area contributed by atoms with Gasteiger partial charge in [0, 0.05) is 16.6 Å². The van der Waals surface area contributed by atoms with Gasteiger partial charge in [0.25, 0.3) is 0 Å². The molecule has 0 saturated heterocycles. The number of anilines is 1. The molecule has 0 aromatic heterocycles. The van der Waals surface area contributed by atoms with Crippen LogP contribution in [-0.2, 0) is 16.6 Å². The Morgan fingerprint density at radius 2 is 1.87 bits per heavy atom. The van der Waals surface area contributed by atoms with Crippen molar-refractivity contribution in [2.45, 2.75) is 18.8 Å². The number of ether oxygens (including phenoxy) is 1. The SMILES string of the molecule is COC(=O)N1C=CC(C)(Cc2ccc(Cl)cc2)c2ccccc21. The number of carbonyl (C=O) groups is 1. The second kappa shape index (κ2) is 6.09. The van der Waals surface area contributed by atoms with Crippen LogP contribution in [0.2, 0.25) is 5.02 Å². The molecule has 1 atom stereocenters. The fraction of sp³-hybridized carbons (Fsp3) is 0.211. The van der Waals surface area contributed by atoms with E-state index >= 15 is 0 Å². The zero-order chi connectivity index (χ0) is 16.4. The van der Waals surface area contributed by atoms with E-state index in [0.29, 0.717) is 0 Å². The van der Waals surface area contributed by atoms with Crippen LogP contribution in [0.25, 0.3) is 0 Å². The Morgan fingerprint density at radius 1 is 1.17 bits per heavy atom. The van der Waals surface area contributed by atoms with E-state index in [4.69, 9.17) is 16.3 Å². The first-order valence-corrected chi connectivity index (χ1v) is 7.82. The smallest absolute Gasteiger partial charge is 0.418 e. The molecular weight excluding hydrogens is 310 g/mol. The highest BCUT2D eigenvalue weighted by atomic mass is 35.5. The molecule has 1 unspecified atom stereocenters. The molecule has 118 valence electrons. The summed E-state index contributed by atoms with van der Waals surface area (Å²) in [7, 11) is 1.39. The van der Waals surface area contributed by atoms with E-state index in [-0.39, 0.29) is 11.5 Å². The van der Waals surface area contributed by atoms with Crippen LogP contribution in [0.3, 0.4) is 0 Å². The molecule has 1 heterocycles. The van der Waals surface area contributed by atoms with Crippen molar-refractivity contribution in [3.05, 3.63) is 77.0 Å². The number of methoxy groups -OCH3 is 1. The minimum absolute atomic E-state index is 0.199. The molecular formula is C19H18ClNO2. The molecule has 23 heavy (non-hydrogen) atoms. The number of rotatable bonds is 2. The van der Waals surface area contributed by atoms with Crippen molar-refractivity contribution in [3.63, 3.8) is 0 Å². The van der Waals surface area contributed by atoms with Crippen molar-refractivity contribution in [3.8, 4) is 0 Å². The molecule has 3 rings (SSSR count). The molecule has 0 bridgehead atoms. The van der Waals surface area contributed by atoms with Gasteiger partial charge in [-0.05, 0) is 35.7 Å². The van der Waals surface area contributed by atoms with Crippen LogP contribution in [0.15, 0.2) is 60.8 Å². The molecule has 0 saturated carbocycles. The minimum Gasteiger partial charge on any atom is -0.452 e. The van der Waals surface area contributed by atoms with Crippen LogP contribution in [0.4, 0.5) is 10.5 Å². The van der Waals surface area contributed by atoms with Crippen molar-refractivity contribution < 1.29 is 9.53 Å². The quantitative estimate of drug-likeness (QED) is 0.781. The molecule has 1 amide bonds. The van der Waals surface area contributed by atoms with Gasteiger partial charge in [0.2, 0.25) is 0 Å². The molecule has 0 spiro atoms. The molecule has 0 radical (unpaired) electrons. The Balaban J connectivity index is 2.00. The number of amides is 1. The monoisotopic (exact) mass is 327 g/mol. The van der Waals surface area contributed by atoms with Crippen LogP contribution in [0.5, 0.6) is 0 Å². The zero-order valence-corrected chi connectivity index (χ0v) is 13.9. The fourth-order valence-corrected chi connectivity index (χ4v) is 3.14. The third-order valence-electron chi connectivity index (χ3n) is 4.23. The van der Waals surface area contributed by atoms with Gasteiger partial charge in [-0.2, -0.15) is 0 Å². The number of nitrogens with zero attached hydrogens (tertiary/aromatic N) is 1. The highest BCUT2D eigenvalue weighted by molar-refractivity contribution is 6.30. The first-order chi connectivity index (χ1) is 11.0. The largest absolute Gasteiger partial charge is 0.452 e. The van der Waals surface area contributed by atoms with E-state index in [1.165, 1.54) is 12.7 Å².